The molecule has 0 saturated carbocycles. The fourth-order valence-corrected chi connectivity index (χ4v) is 2.25. The van der Waals surface area contributed by atoms with Crippen LogP contribution in [0, 0.1) is 0 Å². The Hall–Kier alpha value is -1.35. The van der Waals surface area contributed by atoms with E-state index in [2.05, 4.69) is 23.6 Å². The van der Waals surface area contributed by atoms with E-state index in [0.717, 1.165) is 31.5 Å². The highest BCUT2D eigenvalue weighted by Gasteiger charge is 2.20. The van der Waals surface area contributed by atoms with Gasteiger partial charge in [-0.3, -0.25) is 4.79 Å². The van der Waals surface area contributed by atoms with Crippen LogP contribution < -0.4 is 10.6 Å². The molecule has 3 heteroatoms. The minimum absolute atomic E-state index is 0.0198. The fourth-order valence-electron chi connectivity index (χ4n) is 2.25. The Bertz CT molecular complexity index is 384. The molecule has 17 heavy (non-hydrogen) atoms. The van der Waals surface area contributed by atoms with Crippen LogP contribution in [0.5, 0.6) is 0 Å². The van der Waals surface area contributed by atoms with Gasteiger partial charge in [0.05, 0.1) is 6.04 Å². The summed E-state index contributed by atoms with van der Waals surface area (Å²) in [7, 11) is 0. The van der Waals surface area contributed by atoms with Gasteiger partial charge in [0.2, 0.25) is 5.91 Å². The first-order valence-electron chi connectivity index (χ1n) is 6.43. The SMILES string of the molecule is CCc1ccccc1NC(=O)C1CCCCN1. The van der Waals surface area contributed by atoms with Crippen LogP contribution in [0.4, 0.5) is 5.69 Å². The van der Waals surface area contributed by atoms with Crippen molar-refractivity contribution in [3.8, 4) is 0 Å². The van der Waals surface area contributed by atoms with Crippen molar-refractivity contribution in [2.75, 3.05) is 11.9 Å². The molecule has 3 nitrogen and oxygen atoms in total. The summed E-state index contributed by atoms with van der Waals surface area (Å²) in [4.78, 5) is 12.1. The second-order valence-corrected chi connectivity index (χ2v) is 4.50. The number of benzene rings is 1. The van der Waals surface area contributed by atoms with Crippen molar-refractivity contribution in [3.63, 3.8) is 0 Å². The van der Waals surface area contributed by atoms with Crippen molar-refractivity contribution in [1.29, 1.82) is 0 Å². The average molecular weight is 232 g/mol. The zero-order valence-electron chi connectivity index (χ0n) is 10.3. The Morgan fingerprint density at radius 2 is 2.24 bits per heavy atom. The number of piperidine rings is 1. The number of hydrogen-bond donors (Lipinski definition) is 2. The van der Waals surface area contributed by atoms with Crippen LogP contribution in [0.1, 0.15) is 31.7 Å². The zero-order valence-corrected chi connectivity index (χ0v) is 10.3. The molecule has 2 N–H and O–H groups in total. The third kappa shape index (κ3) is 3.07. The van der Waals surface area contributed by atoms with Gasteiger partial charge in [0.25, 0.3) is 0 Å². The number of aryl methyl sites for hydroxylation is 1. The fraction of sp³-hybridized carbons (Fsp3) is 0.500. The average Bonchev–Trinajstić information content (AvgIpc) is 2.40. The number of hydrogen-bond acceptors (Lipinski definition) is 2. The molecule has 1 unspecified atom stereocenters. The van der Waals surface area contributed by atoms with Gasteiger partial charge in [-0.2, -0.15) is 0 Å². The van der Waals surface area contributed by atoms with E-state index in [4.69, 9.17) is 0 Å². The third-order valence-electron chi connectivity index (χ3n) is 3.28. The lowest BCUT2D eigenvalue weighted by atomic mass is 10.0. The molecule has 1 aromatic carbocycles. The number of para-hydroxylation sites is 1. The van der Waals surface area contributed by atoms with E-state index in [0.29, 0.717) is 0 Å². The number of anilines is 1. The predicted molar refractivity (Wildman–Crippen MR) is 70.1 cm³/mol. The maximum atomic E-state index is 12.1. The van der Waals surface area contributed by atoms with Gasteiger partial charge in [-0.25, -0.2) is 0 Å². The quantitative estimate of drug-likeness (QED) is 0.839. The molecule has 2 rings (SSSR count). The first-order chi connectivity index (χ1) is 8.31. The van der Waals surface area contributed by atoms with Gasteiger partial charge >= 0.3 is 0 Å². The van der Waals surface area contributed by atoms with Crippen molar-refractivity contribution in [3.05, 3.63) is 29.8 Å². The third-order valence-corrected chi connectivity index (χ3v) is 3.28. The highest BCUT2D eigenvalue weighted by molar-refractivity contribution is 5.95. The molecule has 1 aliphatic heterocycles. The van der Waals surface area contributed by atoms with Crippen LogP contribution >= 0.6 is 0 Å². The Balaban J connectivity index is 2.01. The molecule has 92 valence electrons. The van der Waals surface area contributed by atoms with E-state index in [1.54, 1.807) is 0 Å². The van der Waals surface area contributed by atoms with E-state index in [1.807, 2.05) is 18.2 Å². The molecule has 1 aliphatic rings. The molecule has 0 bridgehead atoms. The van der Waals surface area contributed by atoms with Crippen molar-refractivity contribution in [2.45, 2.75) is 38.6 Å². The monoisotopic (exact) mass is 232 g/mol. The Labute approximate surface area is 103 Å². The summed E-state index contributed by atoms with van der Waals surface area (Å²) in [5, 5.41) is 6.29. The molecule has 1 amide bonds. The lowest BCUT2D eigenvalue weighted by Crippen LogP contribution is -2.43. The van der Waals surface area contributed by atoms with E-state index >= 15 is 0 Å². The van der Waals surface area contributed by atoms with Gasteiger partial charge in [0.1, 0.15) is 0 Å². The summed E-state index contributed by atoms with van der Waals surface area (Å²) in [5.41, 5.74) is 2.14. The molecule has 1 heterocycles. The molecule has 0 aliphatic carbocycles. The van der Waals surface area contributed by atoms with E-state index < -0.39 is 0 Å². The van der Waals surface area contributed by atoms with Crippen molar-refractivity contribution in [2.24, 2.45) is 0 Å². The summed E-state index contributed by atoms with van der Waals surface area (Å²) in [6, 6.07) is 7.98. The van der Waals surface area contributed by atoms with Gasteiger partial charge in [0.15, 0.2) is 0 Å². The first kappa shape index (κ1) is 12.1. The van der Waals surface area contributed by atoms with Crippen LogP contribution in [0.15, 0.2) is 24.3 Å². The van der Waals surface area contributed by atoms with Crippen molar-refractivity contribution < 1.29 is 4.79 Å². The molecular formula is C14H20N2O. The predicted octanol–water partition coefficient (Wildman–Crippen LogP) is 2.33. The lowest BCUT2D eigenvalue weighted by Gasteiger charge is -2.23. The van der Waals surface area contributed by atoms with Crippen molar-refractivity contribution in [1.82, 2.24) is 5.32 Å². The maximum Gasteiger partial charge on any atom is 0.241 e. The van der Waals surface area contributed by atoms with Gasteiger partial charge in [-0.15, -0.1) is 0 Å². The van der Waals surface area contributed by atoms with Crippen LogP contribution in [0.2, 0.25) is 0 Å². The Morgan fingerprint density at radius 1 is 1.41 bits per heavy atom. The lowest BCUT2D eigenvalue weighted by molar-refractivity contribution is -0.118. The zero-order chi connectivity index (χ0) is 12.1. The molecule has 1 saturated heterocycles. The second-order valence-electron chi connectivity index (χ2n) is 4.50. The smallest absolute Gasteiger partial charge is 0.241 e. The van der Waals surface area contributed by atoms with Gasteiger partial charge in [-0.05, 0) is 37.4 Å². The summed E-state index contributed by atoms with van der Waals surface area (Å²) < 4.78 is 0. The number of carbonyl (C=O) groups excluding carboxylic acids is 1. The highest BCUT2D eigenvalue weighted by Crippen LogP contribution is 2.17. The van der Waals surface area contributed by atoms with Gasteiger partial charge < -0.3 is 10.6 Å². The minimum Gasteiger partial charge on any atom is -0.324 e. The number of carbonyl (C=O) groups is 1. The van der Waals surface area contributed by atoms with Gasteiger partial charge in [0, 0.05) is 5.69 Å². The van der Waals surface area contributed by atoms with E-state index in [1.165, 1.54) is 12.0 Å². The minimum atomic E-state index is -0.0198. The largest absolute Gasteiger partial charge is 0.324 e. The molecule has 0 aromatic heterocycles. The van der Waals surface area contributed by atoms with Crippen LogP contribution in [-0.4, -0.2) is 18.5 Å². The van der Waals surface area contributed by atoms with Crippen LogP contribution in [0.25, 0.3) is 0 Å². The molecule has 0 spiro atoms. The van der Waals surface area contributed by atoms with Crippen LogP contribution in [-0.2, 0) is 11.2 Å². The van der Waals surface area contributed by atoms with E-state index in [-0.39, 0.29) is 11.9 Å². The molecule has 1 aromatic rings. The summed E-state index contributed by atoms with van der Waals surface area (Å²) in [6.45, 7) is 3.05. The van der Waals surface area contributed by atoms with Gasteiger partial charge in [-0.1, -0.05) is 31.5 Å². The Morgan fingerprint density at radius 3 is 2.94 bits per heavy atom. The molecule has 1 fully saturated rings. The van der Waals surface area contributed by atoms with E-state index in [9.17, 15) is 4.79 Å². The number of nitrogens with one attached hydrogen (secondary N) is 2. The summed E-state index contributed by atoms with van der Waals surface area (Å²) >= 11 is 0. The summed E-state index contributed by atoms with van der Waals surface area (Å²) in [6.07, 6.45) is 4.20. The molecule has 0 radical (unpaired) electrons. The maximum absolute atomic E-state index is 12.1. The number of amides is 1. The molecule has 1 atom stereocenters. The first-order valence-corrected chi connectivity index (χ1v) is 6.43. The van der Waals surface area contributed by atoms with Crippen LogP contribution in [0.3, 0.4) is 0 Å². The highest BCUT2D eigenvalue weighted by atomic mass is 16.2. The standard InChI is InChI=1S/C14H20N2O/c1-2-11-7-3-4-8-12(11)16-14(17)13-9-5-6-10-15-13/h3-4,7-8,13,15H,2,5-6,9-10H2,1H3,(H,16,17). The normalized spacial score (nSPS) is 19.9. The summed E-state index contributed by atoms with van der Waals surface area (Å²) in [5.74, 6) is 0.102. The Kier molecular flexibility index (Phi) is 4.15. The second kappa shape index (κ2) is 5.82. The topological polar surface area (TPSA) is 41.1 Å². The number of rotatable bonds is 3. The molecular weight excluding hydrogens is 212 g/mol. The van der Waals surface area contributed by atoms with Crippen molar-refractivity contribution >= 4 is 11.6 Å².